The van der Waals surface area contributed by atoms with Gasteiger partial charge >= 0.3 is 5.97 Å². The van der Waals surface area contributed by atoms with E-state index < -0.39 is 5.97 Å². The van der Waals surface area contributed by atoms with E-state index in [-0.39, 0.29) is 0 Å². The maximum atomic E-state index is 10.6. The molecule has 1 heterocycles. The lowest BCUT2D eigenvalue weighted by Gasteiger charge is -2.16. The van der Waals surface area contributed by atoms with Crippen LogP contribution in [0, 0.1) is 0 Å². The molecule has 0 amide bonds. The molecule has 1 N–H and O–H groups in total. The van der Waals surface area contributed by atoms with Crippen LogP contribution in [-0.2, 0) is 4.79 Å². The molecule has 0 unspecified atom stereocenters. The van der Waals surface area contributed by atoms with E-state index in [0.29, 0.717) is 12.4 Å². The summed E-state index contributed by atoms with van der Waals surface area (Å²) in [5.74, 6) is -0.252. The first kappa shape index (κ1) is 15.1. The van der Waals surface area contributed by atoms with Gasteiger partial charge in [0.25, 0.3) is 0 Å². The smallest absolute Gasteiger partial charge is 0.328 e. The zero-order chi connectivity index (χ0) is 14.4. The zero-order valence-corrected chi connectivity index (χ0v) is 12.8. The summed E-state index contributed by atoms with van der Waals surface area (Å²) >= 11 is 3.38. The number of ether oxygens (including phenoxy) is 1. The van der Waals surface area contributed by atoms with E-state index in [1.807, 2.05) is 18.2 Å². The molecule has 1 fully saturated rings. The van der Waals surface area contributed by atoms with Crippen LogP contribution in [0.5, 0.6) is 5.75 Å². The molecule has 0 aliphatic carbocycles. The Morgan fingerprint density at radius 1 is 1.40 bits per heavy atom. The molecular weight excluding hydrogens is 322 g/mol. The van der Waals surface area contributed by atoms with Gasteiger partial charge in [-0.05, 0) is 50.2 Å². The van der Waals surface area contributed by atoms with Gasteiger partial charge in [-0.15, -0.1) is 0 Å². The van der Waals surface area contributed by atoms with Gasteiger partial charge in [-0.25, -0.2) is 4.79 Å². The van der Waals surface area contributed by atoms with Crippen LogP contribution in [0.15, 0.2) is 28.7 Å². The molecule has 5 heteroatoms. The highest BCUT2D eigenvalue weighted by atomic mass is 79.9. The number of carboxylic acid groups (broad SMARTS) is 1. The van der Waals surface area contributed by atoms with E-state index in [0.717, 1.165) is 35.7 Å². The van der Waals surface area contributed by atoms with Gasteiger partial charge in [0.15, 0.2) is 0 Å². The molecular formula is C15H18BrNO3. The first-order valence-corrected chi connectivity index (χ1v) is 7.50. The lowest BCUT2D eigenvalue weighted by Crippen LogP contribution is -2.25. The van der Waals surface area contributed by atoms with Gasteiger partial charge in [-0.3, -0.25) is 4.90 Å². The summed E-state index contributed by atoms with van der Waals surface area (Å²) in [6, 6.07) is 5.60. The maximum Gasteiger partial charge on any atom is 0.328 e. The Labute approximate surface area is 127 Å². The summed E-state index contributed by atoms with van der Waals surface area (Å²) in [6.45, 7) is 3.83. The van der Waals surface area contributed by atoms with E-state index in [1.54, 1.807) is 6.08 Å². The second-order valence-corrected chi connectivity index (χ2v) is 5.67. The van der Waals surface area contributed by atoms with Crippen LogP contribution in [0.4, 0.5) is 0 Å². The number of carbonyl (C=O) groups is 1. The Balaban J connectivity index is 1.96. The van der Waals surface area contributed by atoms with E-state index in [4.69, 9.17) is 9.84 Å². The fraction of sp³-hybridized carbons (Fsp3) is 0.400. The average molecular weight is 340 g/mol. The molecule has 0 radical (unpaired) electrons. The number of nitrogens with zero attached hydrogens (tertiary/aromatic N) is 1. The number of rotatable bonds is 6. The largest absolute Gasteiger partial charge is 0.492 e. The Morgan fingerprint density at radius 3 is 2.85 bits per heavy atom. The Morgan fingerprint density at radius 2 is 2.15 bits per heavy atom. The summed E-state index contributed by atoms with van der Waals surface area (Å²) in [5, 5.41) is 8.71. The second-order valence-electron chi connectivity index (χ2n) is 4.75. The van der Waals surface area contributed by atoms with Crippen LogP contribution in [0.2, 0.25) is 0 Å². The van der Waals surface area contributed by atoms with Gasteiger partial charge in [0.2, 0.25) is 0 Å². The molecule has 0 aromatic heterocycles. The summed E-state index contributed by atoms with van der Waals surface area (Å²) in [6.07, 6.45) is 5.21. The molecule has 1 aromatic rings. The van der Waals surface area contributed by atoms with Crippen molar-refractivity contribution in [2.75, 3.05) is 26.2 Å². The van der Waals surface area contributed by atoms with Gasteiger partial charge in [0.05, 0.1) is 0 Å². The van der Waals surface area contributed by atoms with Gasteiger partial charge in [0.1, 0.15) is 12.4 Å². The quantitative estimate of drug-likeness (QED) is 0.809. The third-order valence-electron chi connectivity index (χ3n) is 3.24. The Hall–Kier alpha value is -1.33. The summed E-state index contributed by atoms with van der Waals surface area (Å²) in [5.41, 5.74) is 0.767. The van der Waals surface area contributed by atoms with Crippen LogP contribution in [0.1, 0.15) is 18.4 Å². The number of benzene rings is 1. The predicted octanol–water partition coefficient (Wildman–Crippen LogP) is 3.02. The minimum atomic E-state index is -0.965. The first-order chi connectivity index (χ1) is 9.65. The fourth-order valence-corrected chi connectivity index (χ4v) is 2.61. The highest BCUT2D eigenvalue weighted by molar-refractivity contribution is 9.10. The van der Waals surface area contributed by atoms with Crippen LogP contribution < -0.4 is 4.74 Å². The van der Waals surface area contributed by atoms with Crippen molar-refractivity contribution in [3.05, 3.63) is 34.3 Å². The number of aliphatic carboxylic acids is 1. The number of carboxylic acids is 1. The van der Waals surface area contributed by atoms with Crippen molar-refractivity contribution in [3.63, 3.8) is 0 Å². The lowest BCUT2D eigenvalue weighted by atomic mass is 10.2. The fourth-order valence-electron chi connectivity index (χ4n) is 2.23. The van der Waals surface area contributed by atoms with Crippen molar-refractivity contribution >= 4 is 28.0 Å². The zero-order valence-electron chi connectivity index (χ0n) is 11.2. The molecule has 1 aliphatic rings. The van der Waals surface area contributed by atoms with E-state index >= 15 is 0 Å². The minimum absolute atomic E-state index is 0.621. The number of hydrogen-bond donors (Lipinski definition) is 1. The SMILES string of the molecule is O=C(O)C=Cc1cc(Br)ccc1OCCN1CCCC1. The molecule has 0 spiro atoms. The Kier molecular flexibility index (Phi) is 5.61. The summed E-state index contributed by atoms with van der Waals surface area (Å²) in [4.78, 5) is 13.0. The third kappa shape index (κ3) is 4.65. The van der Waals surface area contributed by atoms with Crippen LogP contribution >= 0.6 is 15.9 Å². The molecule has 0 atom stereocenters. The molecule has 20 heavy (non-hydrogen) atoms. The molecule has 2 rings (SSSR count). The number of likely N-dealkylation sites (tertiary alicyclic amines) is 1. The van der Waals surface area contributed by atoms with E-state index in [1.165, 1.54) is 12.8 Å². The molecule has 0 bridgehead atoms. The van der Waals surface area contributed by atoms with Crippen molar-refractivity contribution in [1.82, 2.24) is 4.90 Å². The van der Waals surface area contributed by atoms with E-state index in [2.05, 4.69) is 20.8 Å². The highest BCUT2D eigenvalue weighted by Crippen LogP contribution is 2.24. The topological polar surface area (TPSA) is 49.8 Å². The van der Waals surface area contributed by atoms with E-state index in [9.17, 15) is 4.79 Å². The molecule has 0 saturated carbocycles. The standard InChI is InChI=1S/C15H18BrNO3/c16-13-4-5-14(12(11-13)3-6-15(18)19)20-10-9-17-7-1-2-8-17/h3-6,11H,1-2,7-10H2,(H,18,19). The van der Waals surface area contributed by atoms with Crippen molar-refractivity contribution in [1.29, 1.82) is 0 Å². The van der Waals surface area contributed by atoms with Crippen molar-refractivity contribution in [2.24, 2.45) is 0 Å². The number of halogens is 1. The molecule has 1 aromatic carbocycles. The van der Waals surface area contributed by atoms with Crippen LogP contribution in [0.25, 0.3) is 6.08 Å². The van der Waals surface area contributed by atoms with Gasteiger partial charge in [-0.2, -0.15) is 0 Å². The van der Waals surface area contributed by atoms with Crippen molar-refractivity contribution in [2.45, 2.75) is 12.8 Å². The van der Waals surface area contributed by atoms with Crippen LogP contribution in [0.3, 0.4) is 0 Å². The Bertz CT molecular complexity index is 496. The molecule has 108 valence electrons. The third-order valence-corrected chi connectivity index (χ3v) is 3.73. The second kappa shape index (κ2) is 7.45. The number of hydrogen-bond acceptors (Lipinski definition) is 3. The normalized spacial score (nSPS) is 15.8. The molecule has 1 saturated heterocycles. The van der Waals surface area contributed by atoms with Gasteiger partial charge in [-0.1, -0.05) is 15.9 Å². The molecule has 4 nitrogen and oxygen atoms in total. The predicted molar refractivity (Wildman–Crippen MR) is 82.0 cm³/mol. The van der Waals surface area contributed by atoms with Crippen molar-refractivity contribution < 1.29 is 14.6 Å². The first-order valence-electron chi connectivity index (χ1n) is 6.71. The van der Waals surface area contributed by atoms with Crippen molar-refractivity contribution in [3.8, 4) is 5.75 Å². The highest BCUT2D eigenvalue weighted by Gasteiger charge is 2.11. The van der Waals surface area contributed by atoms with Gasteiger partial charge < -0.3 is 9.84 Å². The van der Waals surface area contributed by atoms with Crippen LogP contribution in [-0.4, -0.2) is 42.2 Å². The summed E-state index contributed by atoms with van der Waals surface area (Å²) in [7, 11) is 0. The summed E-state index contributed by atoms with van der Waals surface area (Å²) < 4.78 is 6.68. The lowest BCUT2D eigenvalue weighted by molar-refractivity contribution is -0.131. The average Bonchev–Trinajstić information content (AvgIpc) is 2.91. The van der Waals surface area contributed by atoms with Gasteiger partial charge in [0, 0.05) is 22.7 Å². The monoisotopic (exact) mass is 339 g/mol. The maximum absolute atomic E-state index is 10.6. The minimum Gasteiger partial charge on any atom is -0.492 e. The molecule has 1 aliphatic heterocycles.